The van der Waals surface area contributed by atoms with Crippen LogP contribution in [0.25, 0.3) is 11.1 Å². The number of rotatable bonds is 6. The Hall–Kier alpha value is -2.99. The summed E-state index contributed by atoms with van der Waals surface area (Å²) in [5, 5.41) is 4.91. The van der Waals surface area contributed by atoms with Gasteiger partial charge in [-0.15, -0.1) is 11.3 Å². The Balaban J connectivity index is 1.67. The third-order valence-electron chi connectivity index (χ3n) is 4.16. The molecule has 0 aliphatic heterocycles. The largest absolute Gasteiger partial charge is 0.465 e. The van der Waals surface area contributed by atoms with Crippen LogP contribution >= 0.6 is 11.3 Å². The lowest BCUT2D eigenvalue weighted by Crippen LogP contribution is -2.16. The first-order chi connectivity index (χ1) is 13.0. The number of anilines is 1. The normalized spacial score (nSPS) is 10.5. The van der Waals surface area contributed by atoms with E-state index in [-0.39, 0.29) is 23.9 Å². The lowest BCUT2D eigenvalue weighted by molar-refractivity contribution is 0.0606. The second-order valence-electron chi connectivity index (χ2n) is 5.98. The number of ketones is 1. The van der Waals surface area contributed by atoms with Crippen LogP contribution < -0.4 is 5.32 Å². The number of hydrogen-bond acceptors (Lipinski definition) is 5. The Bertz CT molecular complexity index is 959. The number of carbonyl (C=O) groups excluding carboxylic acids is 2. The second-order valence-corrected chi connectivity index (χ2v) is 6.89. The summed E-state index contributed by atoms with van der Waals surface area (Å²) >= 11 is 1.33. The third kappa shape index (κ3) is 4.23. The number of aryl methyl sites for hydroxylation is 1. The van der Waals surface area contributed by atoms with E-state index in [9.17, 15) is 14.0 Å². The highest BCUT2D eigenvalue weighted by Gasteiger charge is 2.14. The van der Waals surface area contributed by atoms with Crippen LogP contribution in [0.4, 0.5) is 10.1 Å². The van der Waals surface area contributed by atoms with Crippen LogP contribution in [0.2, 0.25) is 0 Å². The van der Waals surface area contributed by atoms with E-state index >= 15 is 0 Å². The van der Waals surface area contributed by atoms with E-state index in [1.807, 2.05) is 29.6 Å². The minimum Gasteiger partial charge on any atom is -0.465 e. The van der Waals surface area contributed by atoms with Crippen LogP contribution in [0.5, 0.6) is 0 Å². The topological polar surface area (TPSA) is 55.4 Å². The maximum absolute atomic E-state index is 13.9. The first-order valence-electron chi connectivity index (χ1n) is 8.29. The fourth-order valence-corrected chi connectivity index (χ4v) is 3.56. The zero-order valence-corrected chi connectivity index (χ0v) is 15.7. The zero-order chi connectivity index (χ0) is 19.4. The number of halogens is 1. The Morgan fingerprint density at radius 2 is 1.85 bits per heavy atom. The van der Waals surface area contributed by atoms with Gasteiger partial charge in [-0.25, -0.2) is 9.18 Å². The van der Waals surface area contributed by atoms with Crippen molar-refractivity contribution in [2.24, 2.45) is 0 Å². The fraction of sp³-hybridized carbons (Fsp3) is 0.143. The van der Waals surface area contributed by atoms with Crippen molar-refractivity contribution in [3.63, 3.8) is 0 Å². The van der Waals surface area contributed by atoms with E-state index in [2.05, 4.69) is 5.32 Å². The van der Waals surface area contributed by atoms with E-state index < -0.39 is 5.82 Å². The van der Waals surface area contributed by atoms with Gasteiger partial charge in [0, 0.05) is 5.69 Å². The molecule has 1 N–H and O–H groups in total. The average Bonchev–Trinajstić information content (AvgIpc) is 3.16. The van der Waals surface area contributed by atoms with Gasteiger partial charge in [-0.2, -0.15) is 0 Å². The van der Waals surface area contributed by atoms with Crippen molar-refractivity contribution < 1.29 is 18.7 Å². The molecule has 0 bridgehead atoms. The maximum atomic E-state index is 13.9. The summed E-state index contributed by atoms with van der Waals surface area (Å²) < 4.78 is 18.6. The number of nitrogens with one attached hydrogen (secondary N) is 1. The predicted molar refractivity (Wildman–Crippen MR) is 105 cm³/mol. The van der Waals surface area contributed by atoms with E-state index in [0.29, 0.717) is 10.4 Å². The van der Waals surface area contributed by atoms with Gasteiger partial charge in [0.05, 0.1) is 19.2 Å². The second kappa shape index (κ2) is 8.14. The van der Waals surface area contributed by atoms with Crippen molar-refractivity contribution >= 4 is 28.8 Å². The van der Waals surface area contributed by atoms with Crippen LogP contribution in [-0.2, 0) is 4.74 Å². The maximum Gasteiger partial charge on any atom is 0.348 e. The highest BCUT2D eigenvalue weighted by Crippen LogP contribution is 2.27. The standard InChI is InChI=1S/C21H18FNO3S/c1-13-4-3-5-17(22)20(13)18(24)11-23-16-8-6-14(7-9-16)15-10-19(27-12-15)21(25)26-2/h3-10,12,23H,11H2,1-2H3. The molecule has 138 valence electrons. The molecule has 2 aromatic carbocycles. The summed E-state index contributed by atoms with van der Waals surface area (Å²) in [6.07, 6.45) is 0. The predicted octanol–water partition coefficient (Wildman–Crippen LogP) is 4.94. The van der Waals surface area contributed by atoms with E-state index in [1.165, 1.54) is 24.5 Å². The van der Waals surface area contributed by atoms with Gasteiger partial charge in [0.1, 0.15) is 10.7 Å². The quantitative estimate of drug-likeness (QED) is 0.484. The molecule has 0 atom stereocenters. The fourth-order valence-electron chi connectivity index (χ4n) is 2.73. The number of hydrogen-bond donors (Lipinski definition) is 1. The van der Waals surface area contributed by atoms with Crippen molar-refractivity contribution in [2.75, 3.05) is 19.0 Å². The molecule has 27 heavy (non-hydrogen) atoms. The van der Waals surface area contributed by atoms with E-state index in [0.717, 1.165) is 16.8 Å². The molecule has 1 aromatic heterocycles. The van der Waals surface area contributed by atoms with Gasteiger partial charge in [-0.1, -0.05) is 24.3 Å². The summed E-state index contributed by atoms with van der Waals surface area (Å²) in [5.74, 6) is -1.15. The number of benzene rings is 2. The van der Waals surface area contributed by atoms with Crippen molar-refractivity contribution in [1.82, 2.24) is 0 Å². The van der Waals surface area contributed by atoms with E-state index in [1.54, 1.807) is 25.1 Å². The molecule has 0 radical (unpaired) electrons. The molecule has 4 nitrogen and oxygen atoms in total. The van der Waals surface area contributed by atoms with Gasteiger partial charge in [-0.05, 0) is 53.3 Å². The summed E-state index contributed by atoms with van der Waals surface area (Å²) in [5.41, 5.74) is 3.36. The molecule has 1 heterocycles. The average molecular weight is 383 g/mol. The first-order valence-corrected chi connectivity index (χ1v) is 9.17. The first kappa shape index (κ1) is 18.8. The summed E-state index contributed by atoms with van der Waals surface area (Å²) in [7, 11) is 1.35. The van der Waals surface area contributed by atoms with Crippen molar-refractivity contribution in [1.29, 1.82) is 0 Å². The zero-order valence-electron chi connectivity index (χ0n) is 14.9. The van der Waals surface area contributed by atoms with Crippen molar-refractivity contribution in [2.45, 2.75) is 6.92 Å². The smallest absolute Gasteiger partial charge is 0.348 e. The molecular weight excluding hydrogens is 365 g/mol. The van der Waals surface area contributed by atoms with Crippen LogP contribution in [0.3, 0.4) is 0 Å². The van der Waals surface area contributed by atoms with Crippen LogP contribution in [0.15, 0.2) is 53.9 Å². The number of Topliss-reactive ketones (excluding diaryl/α,β-unsaturated/α-hetero) is 1. The molecule has 3 aromatic rings. The number of thiophene rings is 1. The minimum atomic E-state index is -0.504. The molecule has 0 aliphatic rings. The molecule has 0 fully saturated rings. The monoisotopic (exact) mass is 383 g/mol. The summed E-state index contributed by atoms with van der Waals surface area (Å²) in [6.45, 7) is 1.72. The number of methoxy groups -OCH3 is 1. The molecule has 6 heteroatoms. The van der Waals surface area contributed by atoms with Gasteiger partial charge in [0.25, 0.3) is 0 Å². The van der Waals surface area contributed by atoms with Gasteiger partial charge in [0.2, 0.25) is 0 Å². The Morgan fingerprint density at radius 1 is 1.11 bits per heavy atom. The number of carbonyl (C=O) groups is 2. The lowest BCUT2D eigenvalue weighted by Gasteiger charge is -2.09. The highest BCUT2D eigenvalue weighted by molar-refractivity contribution is 7.12. The van der Waals surface area contributed by atoms with Crippen molar-refractivity contribution in [3.05, 3.63) is 75.7 Å². The summed E-state index contributed by atoms with van der Waals surface area (Å²) in [4.78, 5) is 24.4. The molecule has 0 unspecified atom stereocenters. The van der Waals surface area contributed by atoms with Gasteiger partial charge >= 0.3 is 5.97 Å². The Labute approximate surface area is 160 Å². The van der Waals surface area contributed by atoms with Gasteiger partial charge < -0.3 is 10.1 Å². The summed E-state index contributed by atoms with van der Waals surface area (Å²) in [6, 6.07) is 13.8. The third-order valence-corrected chi connectivity index (χ3v) is 5.07. The SMILES string of the molecule is COC(=O)c1cc(-c2ccc(NCC(=O)c3c(C)cccc3F)cc2)cs1. The number of esters is 1. The van der Waals surface area contributed by atoms with Crippen molar-refractivity contribution in [3.8, 4) is 11.1 Å². The highest BCUT2D eigenvalue weighted by atomic mass is 32.1. The minimum absolute atomic E-state index is 0.00601. The molecule has 0 aliphatic carbocycles. The molecule has 3 rings (SSSR count). The van der Waals surface area contributed by atoms with Gasteiger partial charge in [0.15, 0.2) is 5.78 Å². The number of ether oxygens (including phenoxy) is 1. The molecule has 0 amide bonds. The van der Waals surface area contributed by atoms with Crippen LogP contribution in [0.1, 0.15) is 25.6 Å². The lowest BCUT2D eigenvalue weighted by atomic mass is 10.0. The van der Waals surface area contributed by atoms with Gasteiger partial charge in [-0.3, -0.25) is 4.79 Å². The Kier molecular flexibility index (Phi) is 5.66. The van der Waals surface area contributed by atoms with Crippen LogP contribution in [-0.4, -0.2) is 25.4 Å². The molecule has 0 spiro atoms. The Morgan fingerprint density at radius 3 is 2.52 bits per heavy atom. The molecular formula is C21H18FNO3S. The van der Waals surface area contributed by atoms with E-state index in [4.69, 9.17) is 4.74 Å². The van der Waals surface area contributed by atoms with Crippen LogP contribution in [0, 0.1) is 12.7 Å². The molecule has 0 saturated carbocycles. The molecule has 0 saturated heterocycles.